The summed E-state index contributed by atoms with van der Waals surface area (Å²) in [6.07, 6.45) is 7.29. The Kier molecular flexibility index (Phi) is 8.16. The van der Waals surface area contributed by atoms with E-state index in [0.29, 0.717) is 18.4 Å². The van der Waals surface area contributed by atoms with E-state index < -0.39 is 0 Å². The molecule has 1 saturated heterocycles. The Bertz CT molecular complexity index is 434. The third-order valence-electron chi connectivity index (χ3n) is 5.45. The zero-order valence-electron chi connectivity index (χ0n) is 15.8. The predicted molar refractivity (Wildman–Crippen MR) is 98.1 cm³/mol. The smallest absolute Gasteiger partial charge is 0.239 e. The molecule has 2 fully saturated rings. The molecule has 2 atom stereocenters. The topological polar surface area (TPSA) is 81.7 Å². The molecule has 6 nitrogen and oxygen atoms in total. The van der Waals surface area contributed by atoms with Gasteiger partial charge in [0.2, 0.25) is 11.8 Å². The Morgan fingerprint density at radius 3 is 2.40 bits per heavy atom. The van der Waals surface area contributed by atoms with Crippen molar-refractivity contribution >= 4 is 11.8 Å². The average Bonchev–Trinajstić information content (AvgIpc) is 2.59. The first kappa shape index (κ1) is 20.2. The Balaban J connectivity index is 1.62. The van der Waals surface area contributed by atoms with Crippen LogP contribution < -0.4 is 10.6 Å². The molecule has 0 aromatic rings. The fourth-order valence-corrected chi connectivity index (χ4v) is 3.86. The number of amides is 2. The molecule has 1 aliphatic heterocycles. The molecule has 3 N–H and O–H groups in total. The fraction of sp³-hybridized carbons (Fsp3) is 0.895. The van der Waals surface area contributed by atoms with Gasteiger partial charge >= 0.3 is 0 Å². The van der Waals surface area contributed by atoms with Crippen LogP contribution in [-0.2, 0) is 9.59 Å². The maximum absolute atomic E-state index is 12.0. The molecule has 0 spiro atoms. The van der Waals surface area contributed by atoms with Crippen LogP contribution in [-0.4, -0.2) is 59.6 Å². The average molecular weight is 354 g/mol. The summed E-state index contributed by atoms with van der Waals surface area (Å²) in [5, 5.41) is 15.9. The van der Waals surface area contributed by atoms with Crippen LogP contribution in [0.4, 0.5) is 0 Å². The van der Waals surface area contributed by atoms with Crippen molar-refractivity contribution in [3.63, 3.8) is 0 Å². The summed E-state index contributed by atoms with van der Waals surface area (Å²) in [5.74, 6) is 0.339. The van der Waals surface area contributed by atoms with Crippen LogP contribution in [0.25, 0.3) is 0 Å². The first-order valence-corrected chi connectivity index (χ1v) is 9.94. The first-order valence-electron chi connectivity index (χ1n) is 9.94. The number of hydrogen-bond donors (Lipinski definition) is 3. The van der Waals surface area contributed by atoms with E-state index in [1.54, 1.807) is 0 Å². The lowest BCUT2D eigenvalue weighted by Crippen LogP contribution is -2.53. The number of likely N-dealkylation sites (tertiary alicyclic amines) is 1. The van der Waals surface area contributed by atoms with Crippen molar-refractivity contribution < 1.29 is 14.7 Å². The number of carbonyl (C=O) groups is 2. The Hall–Kier alpha value is -1.14. The molecule has 0 bridgehead atoms. The standard InChI is InChI=1S/C19H35N3O3/c1-14(2)7-8-18(24)20-13-19(25)21-15-9-11-22(12-10-15)16-5-3-4-6-17(16)23/h14-17,23H,3-13H2,1-2H3,(H,20,24)(H,21,25). The number of carbonyl (C=O) groups excluding carboxylic acids is 2. The monoisotopic (exact) mass is 353 g/mol. The highest BCUT2D eigenvalue weighted by Crippen LogP contribution is 2.25. The molecule has 1 heterocycles. The van der Waals surface area contributed by atoms with Gasteiger partial charge < -0.3 is 15.7 Å². The number of aliphatic hydroxyl groups is 1. The van der Waals surface area contributed by atoms with E-state index in [4.69, 9.17) is 0 Å². The maximum Gasteiger partial charge on any atom is 0.239 e. The zero-order valence-corrected chi connectivity index (χ0v) is 15.8. The number of piperidine rings is 1. The number of hydrogen-bond acceptors (Lipinski definition) is 4. The molecule has 144 valence electrons. The normalized spacial score (nSPS) is 25.8. The predicted octanol–water partition coefficient (Wildman–Crippen LogP) is 1.42. The van der Waals surface area contributed by atoms with Gasteiger partial charge in [0, 0.05) is 31.6 Å². The second-order valence-electron chi connectivity index (χ2n) is 8.01. The molecule has 2 rings (SSSR count). The second-order valence-corrected chi connectivity index (χ2v) is 8.01. The Morgan fingerprint density at radius 2 is 1.76 bits per heavy atom. The first-order chi connectivity index (χ1) is 12.0. The quantitative estimate of drug-likeness (QED) is 0.647. The minimum Gasteiger partial charge on any atom is -0.391 e. The largest absolute Gasteiger partial charge is 0.391 e. The van der Waals surface area contributed by atoms with E-state index in [0.717, 1.165) is 51.6 Å². The highest BCUT2D eigenvalue weighted by atomic mass is 16.3. The minimum absolute atomic E-state index is 0.0510. The molecule has 2 unspecified atom stereocenters. The van der Waals surface area contributed by atoms with E-state index >= 15 is 0 Å². The highest BCUT2D eigenvalue weighted by Gasteiger charge is 2.31. The summed E-state index contributed by atoms with van der Waals surface area (Å²) in [6.45, 7) is 6.08. The third-order valence-corrected chi connectivity index (χ3v) is 5.45. The fourth-order valence-electron chi connectivity index (χ4n) is 3.86. The molecule has 1 saturated carbocycles. The Morgan fingerprint density at radius 1 is 1.08 bits per heavy atom. The van der Waals surface area contributed by atoms with Gasteiger partial charge in [-0.15, -0.1) is 0 Å². The molecule has 2 amide bonds. The van der Waals surface area contributed by atoms with E-state index in [-0.39, 0.29) is 30.5 Å². The SMILES string of the molecule is CC(C)CCC(=O)NCC(=O)NC1CCN(C2CCCCC2O)CC1. The molecular weight excluding hydrogens is 318 g/mol. The molecule has 25 heavy (non-hydrogen) atoms. The van der Waals surface area contributed by atoms with Crippen molar-refractivity contribution in [3.8, 4) is 0 Å². The van der Waals surface area contributed by atoms with Crippen molar-refractivity contribution in [2.75, 3.05) is 19.6 Å². The van der Waals surface area contributed by atoms with Crippen molar-refractivity contribution in [1.82, 2.24) is 15.5 Å². The van der Waals surface area contributed by atoms with Crippen molar-refractivity contribution in [1.29, 1.82) is 0 Å². The van der Waals surface area contributed by atoms with Crippen molar-refractivity contribution in [2.45, 2.75) is 83.4 Å². The molecule has 0 radical (unpaired) electrons. The molecule has 6 heteroatoms. The second kappa shape index (κ2) is 10.1. The number of nitrogens with zero attached hydrogens (tertiary/aromatic N) is 1. The summed E-state index contributed by atoms with van der Waals surface area (Å²) in [7, 11) is 0. The summed E-state index contributed by atoms with van der Waals surface area (Å²) in [5.41, 5.74) is 0. The lowest BCUT2D eigenvalue weighted by atomic mass is 9.89. The number of rotatable bonds is 7. The van der Waals surface area contributed by atoms with Crippen LogP contribution in [0.5, 0.6) is 0 Å². The van der Waals surface area contributed by atoms with Gasteiger partial charge in [0.1, 0.15) is 0 Å². The van der Waals surface area contributed by atoms with E-state index in [2.05, 4.69) is 29.4 Å². The van der Waals surface area contributed by atoms with E-state index in [1.807, 2.05) is 0 Å². The Labute approximate surface area is 151 Å². The highest BCUT2D eigenvalue weighted by molar-refractivity contribution is 5.84. The number of aliphatic hydroxyl groups excluding tert-OH is 1. The number of nitrogens with one attached hydrogen (secondary N) is 2. The van der Waals surface area contributed by atoms with Crippen LogP contribution in [0, 0.1) is 5.92 Å². The molecule has 1 aliphatic carbocycles. The van der Waals surface area contributed by atoms with Gasteiger partial charge in [-0.2, -0.15) is 0 Å². The summed E-state index contributed by atoms with van der Waals surface area (Å²) in [4.78, 5) is 26.1. The van der Waals surface area contributed by atoms with Gasteiger partial charge in [-0.1, -0.05) is 26.7 Å². The van der Waals surface area contributed by atoms with Crippen LogP contribution in [0.15, 0.2) is 0 Å². The molecular formula is C19H35N3O3. The van der Waals surface area contributed by atoms with E-state index in [1.165, 1.54) is 6.42 Å². The van der Waals surface area contributed by atoms with Crippen molar-refractivity contribution in [2.24, 2.45) is 5.92 Å². The third kappa shape index (κ3) is 6.94. The van der Waals surface area contributed by atoms with Crippen LogP contribution in [0.1, 0.15) is 65.2 Å². The van der Waals surface area contributed by atoms with Gasteiger partial charge in [0.15, 0.2) is 0 Å². The lowest BCUT2D eigenvalue weighted by molar-refractivity contribution is -0.126. The van der Waals surface area contributed by atoms with E-state index in [9.17, 15) is 14.7 Å². The lowest BCUT2D eigenvalue weighted by Gasteiger charge is -2.41. The van der Waals surface area contributed by atoms with Gasteiger partial charge in [-0.25, -0.2) is 0 Å². The summed E-state index contributed by atoms with van der Waals surface area (Å²) >= 11 is 0. The van der Waals surface area contributed by atoms with Gasteiger partial charge in [-0.05, 0) is 38.0 Å². The molecule has 0 aromatic carbocycles. The summed E-state index contributed by atoms with van der Waals surface area (Å²) < 4.78 is 0. The zero-order chi connectivity index (χ0) is 18.2. The van der Waals surface area contributed by atoms with Crippen molar-refractivity contribution in [3.05, 3.63) is 0 Å². The van der Waals surface area contributed by atoms with Crippen LogP contribution >= 0.6 is 0 Å². The van der Waals surface area contributed by atoms with Gasteiger partial charge in [0.25, 0.3) is 0 Å². The molecule has 2 aliphatic rings. The summed E-state index contributed by atoms with van der Waals surface area (Å²) in [6, 6.07) is 0.475. The minimum atomic E-state index is -0.194. The maximum atomic E-state index is 12.0. The van der Waals surface area contributed by atoms with Gasteiger partial charge in [0.05, 0.1) is 12.6 Å². The van der Waals surface area contributed by atoms with Crippen LogP contribution in [0.3, 0.4) is 0 Å². The van der Waals surface area contributed by atoms with Gasteiger partial charge in [-0.3, -0.25) is 14.5 Å². The van der Waals surface area contributed by atoms with Crippen LogP contribution in [0.2, 0.25) is 0 Å². The molecule has 0 aromatic heterocycles.